The summed E-state index contributed by atoms with van der Waals surface area (Å²) in [6.45, 7) is 1.33. The van der Waals surface area contributed by atoms with Gasteiger partial charge in [-0.3, -0.25) is 9.00 Å². The molecule has 6 heteroatoms. The molecule has 0 spiro atoms. The minimum atomic E-state index is -0.746. The predicted octanol–water partition coefficient (Wildman–Crippen LogP) is -0.0636. The lowest BCUT2D eigenvalue weighted by atomic mass is 10.1. The van der Waals surface area contributed by atoms with Crippen LogP contribution in [-0.4, -0.2) is 34.7 Å². The molecule has 17 heavy (non-hydrogen) atoms. The molecule has 1 aromatic carbocycles. The first kappa shape index (κ1) is 11.9. The number of hydrogen-bond donors (Lipinski definition) is 2. The van der Waals surface area contributed by atoms with Gasteiger partial charge >= 0.3 is 0 Å². The van der Waals surface area contributed by atoms with Gasteiger partial charge in [0.2, 0.25) is 0 Å². The van der Waals surface area contributed by atoms with Crippen molar-refractivity contribution in [3.63, 3.8) is 0 Å². The van der Waals surface area contributed by atoms with Crippen molar-refractivity contribution in [2.24, 2.45) is 5.73 Å². The predicted molar refractivity (Wildman–Crippen MR) is 69.5 cm³/mol. The molecule has 0 radical (unpaired) electrons. The molecule has 1 aromatic rings. The fourth-order valence-corrected chi connectivity index (χ4v) is 2.95. The Bertz CT molecular complexity index is 466. The molecule has 1 fully saturated rings. The molecule has 4 N–H and O–H groups in total. The van der Waals surface area contributed by atoms with Crippen molar-refractivity contribution in [3.05, 3.63) is 23.8 Å². The minimum Gasteiger partial charge on any atom is -0.399 e. The van der Waals surface area contributed by atoms with Gasteiger partial charge < -0.3 is 16.4 Å². The Labute approximate surface area is 102 Å². The lowest BCUT2D eigenvalue weighted by Crippen LogP contribution is -2.38. The van der Waals surface area contributed by atoms with E-state index in [1.807, 2.05) is 4.90 Å². The van der Waals surface area contributed by atoms with Crippen molar-refractivity contribution in [1.82, 2.24) is 0 Å². The molecule has 1 amide bonds. The van der Waals surface area contributed by atoms with Crippen LogP contribution in [0.3, 0.4) is 0 Å². The van der Waals surface area contributed by atoms with Crippen LogP contribution in [0.1, 0.15) is 10.4 Å². The van der Waals surface area contributed by atoms with Gasteiger partial charge in [-0.05, 0) is 18.2 Å². The highest BCUT2D eigenvalue weighted by Gasteiger charge is 2.19. The molecule has 2 rings (SSSR count). The molecule has 0 unspecified atom stereocenters. The first-order valence-electron chi connectivity index (χ1n) is 5.37. The van der Waals surface area contributed by atoms with E-state index < -0.39 is 16.7 Å². The van der Waals surface area contributed by atoms with Gasteiger partial charge in [-0.1, -0.05) is 0 Å². The summed E-state index contributed by atoms with van der Waals surface area (Å²) < 4.78 is 11.3. The van der Waals surface area contributed by atoms with Crippen LogP contribution in [0.25, 0.3) is 0 Å². The molecule has 1 heterocycles. The molecule has 0 saturated carbocycles. The molecular formula is C11H15N3O2S. The largest absolute Gasteiger partial charge is 0.399 e. The van der Waals surface area contributed by atoms with Crippen molar-refractivity contribution < 1.29 is 9.00 Å². The van der Waals surface area contributed by atoms with E-state index >= 15 is 0 Å². The van der Waals surface area contributed by atoms with Gasteiger partial charge in [-0.25, -0.2) is 0 Å². The monoisotopic (exact) mass is 253 g/mol. The highest BCUT2D eigenvalue weighted by Crippen LogP contribution is 2.24. The van der Waals surface area contributed by atoms with Crippen molar-refractivity contribution in [2.45, 2.75) is 0 Å². The van der Waals surface area contributed by atoms with E-state index in [2.05, 4.69) is 0 Å². The summed E-state index contributed by atoms with van der Waals surface area (Å²) in [5, 5.41) is 0. The second-order valence-electron chi connectivity index (χ2n) is 3.98. The quantitative estimate of drug-likeness (QED) is 0.722. The zero-order valence-electron chi connectivity index (χ0n) is 9.39. The Morgan fingerprint density at radius 3 is 2.53 bits per heavy atom. The van der Waals surface area contributed by atoms with Crippen LogP contribution >= 0.6 is 0 Å². The topological polar surface area (TPSA) is 89.4 Å². The number of benzene rings is 1. The molecule has 1 aliphatic rings. The lowest BCUT2D eigenvalue weighted by Gasteiger charge is -2.29. The average molecular weight is 253 g/mol. The normalized spacial score (nSPS) is 17.1. The molecule has 92 valence electrons. The van der Waals surface area contributed by atoms with E-state index in [4.69, 9.17) is 11.5 Å². The average Bonchev–Trinajstić information content (AvgIpc) is 2.29. The summed E-state index contributed by atoms with van der Waals surface area (Å²) in [5.74, 6) is 0.770. The number of carbonyl (C=O) groups is 1. The fourth-order valence-electron chi connectivity index (χ4n) is 1.90. The second-order valence-corrected chi connectivity index (χ2v) is 5.67. The van der Waals surface area contributed by atoms with Gasteiger partial charge in [0.15, 0.2) is 0 Å². The van der Waals surface area contributed by atoms with Crippen LogP contribution in [-0.2, 0) is 10.8 Å². The summed E-state index contributed by atoms with van der Waals surface area (Å²) in [5.41, 5.74) is 12.9. The van der Waals surface area contributed by atoms with Crippen LogP contribution < -0.4 is 16.4 Å². The van der Waals surface area contributed by atoms with Crippen LogP contribution in [0, 0.1) is 0 Å². The van der Waals surface area contributed by atoms with Gasteiger partial charge in [0.1, 0.15) is 0 Å². The van der Waals surface area contributed by atoms with Crippen molar-refractivity contribution in [2.75, 3.05) is 35.2 Å². The van der Waals surface area contributed by atoms with Crippen LogP contribution in [0.15, 0.2) is 18.2 Å². The van der Waals surface area contributed by atoms with Gasteiger partial charge in [-0.2, -0.15) is 0 Å². The smallest absolute Gasteiger partial charge is 0.250 e. The summed E-state index contributed by atoms with van der Waals surface area (Å²) in [6, 6.07) is 5.04. The highest BCUT2D eigenvalue weighted by atomic mass is 32.2. The standard InChI is InChI=1S/C11H15N3O2S/c12-8-1-2-9(11(13)15)10(7-8)14-3-5-17(16)6-4-14/h1-2,7H,3-6,12H2,(H2,13,15). The number of carbonyl (C=O) groups excluding carboxylic acids is 1. The van der Waals surface area contributed by atoms with Crippen molar-refractivity contribution >= 4 is 28.1 Å². The SMILES string of the molecule is NC(=O)c1ccc(N)cc1N1CCS(=O)CC1. The number of hydrogen-bond acceptors (Lipinski definition) is 4. The van der Waals surface area contributed by atoms with Gasteiger partial charge in [-0.15, -0.1) is 0 Å². The molecule has 5 nitrogen and oxygen atoms in total. The Hall–Kier alpha value is -1.56. The van der Waals surface area contributed by atoms with E-state index in [1.165, 1.54) is 0 Å². The van der Waals surface area contributed by atoms with E-state index in [0.29, 0.717) is 35.8 Å². The third-order valence-electron chi connectivity index (χ3n) is 2.81. The molecule has 1 saturated heterocycles. The minimum absolute atomic E-state index is 0.465. The number of nitrogen functional groups attached to an aromatic ring is 1. The Morgan fingerprint density at radius 1 is 1.29 bits per heavy atom. The Balaban J connectivity index is 2.33. The summed E-state index contributed by atoms with van der Waals surface area (Å²) in [6.07, 6.45) is 0. The molecule has 0 aromatic heterocycles. The Kier molecular flexibility index (Phi) is 3.33. The van der Waals surface area contributed by atoms with Crippen LogP contribution in [0.5, 0.6) is 0 Å². The maximum atomic E-state index is 11.3. The van der Waals surface area contributed by atoms with Gasteiger partial charge in [0, 0.05) is 41.1 Å². The molecule has 0 aliphatic carbocycles. The highest BCUT2D eigenvalue weighted by molar-refractivity contribution is 7.85. The zero-order valence-corrected chi connectivity index (χ0v) is 10.2. The van der Waals surface area contributed by atoms with Gasteiger partial charge in [0.25, 0.3) is 5.91 Å². The number of rotatable bonds is 2. The number of primary amides is 1. The summed E-state index contributed by atoms with van der Waals surface area (Å²) in [7, 11) is -0.746. The fraction of sp³-hybridized carbons (Fsp3) is 0.364. The molecule has 0 bridgehead atoms. The molecule has 1 aliphatic heterocycles. The number of nitrogens with two attached hydrogens (primary N) is 2. The first-order chi connectivity index (χ1) is 8.08. The van der Waals surface area contributed by atoms with E-state index in [0.717, 1.165) is 5.69 Å². The Morgan fingerprint density at radius 2 is 1.94 bits per heavy atom. The zero-order chi connectivity index (χ0) is 12.4. The second kappa shape index (κ2) is 4.75. The summed E-state index contributed by atoms with van der Waals surface area (Å²) >= 11 is 0. The first-order valence-corrected chi connectivity index (χ1v) is 6.86. The van der Waals surface area contributed by atoms with Crippen LogP contribution in [0.4, 0.5) is 11.4 Å². The molecule has 0 atom stereocenters. The third-order valence-corrected chi connectivity index (χ3v) is 4.08. The van der Waals surface area contributed by atoms with E-state index in [9.17, 15) is 9.00 Å². The number of nitrogens with zero attached hydrogens (tertiary/aromatic N) is 1. The van der Waals surface area contributed by atoms with E-state index in [-0.39, 0.29) is 0 Å². The number of amides is 1. The maximum absolute atomic E-state index is 11.3. The van der Waals surface area contributed by atoms with Crippen molar-refractivity contribution in [3.8, 4) is 0 Å². The lowest BCUT2D eigenvalue weighted by molar-refractivity contribution is 0.100. The van der Waals surface area contributed by atoms with Gasteiger partial charge in [0.05, 0.1) is 11.3 Å². The van der Waals surface area contributed by atoms with Crippen LogP contribution in [0.2, 0.25) is 0 Å². The van der Waals surface area contributed by atoms with E-state index in [1.54, 1.807) is 18.2 Å². The maximum Gasteiger partial charge on any atom is 0.250 e. The van der Waals surface area contributed by atoms with Crippen molar-refractivity contribution in [1.29, 1.82) is 0 Å². The summed E-state index contributed by atoms with van der Waals surface area (Å²) in [4.78, 5) is 13.3. The third kappa shape index (κ3) is 2.58. The number of anilines is 2. The molecular weight excluding hydrogens is 238 g/mol.